The normalized spacial score (nSPS) is 11.5. The zero-order valence-electron chi connectivity index (χ0n) is 14.1. The van der Waals surface area contributed by atoms with E-state index in [-0.39, 0.29) is 5.56 Å². The van der Waals surface area contributed by atoms with E-state index >= 15 is 0 Å². The lowest BCUT2D eigenvalue weighted by atomic mass is 9.98. The molecule has 0 saturated heterocycles. The van der Waals surface area contributed by atoms with E-state index in [9.17, 15) is 4.79 Å². The summed E-state index contributed by atoms with van der Waals surface area (Å²) in [5.41, 5.74) is 5.30. The molecule has 0 aliphatic carbocycles. The summed E-state index contributed by atoms with van der Waals surface area (Å²) in [7, 11) is 0. The van der Waals surface area contributed by atoms with Crippen molar-refractivity contribution in [2.45, 2.75) is 27.2 Å². The highest BCUT2D eigenvalue weighted by molar-refractivity contribution is 6.00. The molecule has 2 aromatic carbocycles. The van der Waals surface area contributed by atoms with Gasteiger partial charge in [0.05, 0.1) is 0 Å². The number of nitrogens with zero attached hydrogens (tertiary/aromatic N) is 2. The van der Waals surface area contributed by atoms with Crippen LogP contribution in [-0.2, 0) is 6.42 Å². The zero-order valence-corrected chi connectivity index (χ0v) is 14.1. The number of aromatic amines is 1. The van der Waals surface area contributed by atoms with Gasteiger partial charge < -0.3 is 0 Å². The third-order valence-corrected chi connectivity index (χ3v) is 4.67. The van der Waals surface area contributed by atoms with E-state index in [1.165, 1.54) is 5.39 Å². The van der Waals surface area contributed by atoms with Gasteiger partial charge in [0.15, 0.2) is 5.65 Å². The van der Waals surface area contributed by atoms with Crippen molar-refractivity contribution < 1.29 is 0 Å². The number of rotatable bonds is 2. The smallest absolute Gasteiger partial charge is 0.276 e. The van der Waals surface area contributed by atoms with Crippen LogP contribution in [0, 0.1) is 13.8 Å². The molecular weight excluding hydrogens is 298 g/mol. The molecule has 120 valence electrons. The van der Waals surface area contributed by atoms with Crippen LogP contribution in [0.4, 0.5) is 0 Å². The summed E-state index contributed by atoms with van der Waals surface area (Å²) in [6.45, 7) is 5.89. The molecule has 2 aromatic heterocycles. The molecule has 24 heavy (non-hydrogen) atoms. The van der Waals surface area contributed by atoms with Crippen LogP contribution in [0.2, 0.25) is 0 Å². The Morgan fingerprint density at radius 3 is 2.62 bits per heavy atom. The highest BCUT2D eigenvalue weighted by Gasteiger charge is 2.18. The Morgan fingerprint density at radius 1 is 1.08 bits per heavy atom. The molecule has 2 heterocycles. The maximum absolute atomic E-state index is 12.7. The second-order valence-corrected chi connectivity index (χ2v) is 6.13. The molecule has 0 bridgehead atoms. The molecule has 4 nitrogen and oxygen atoms in total. The number of aryl methyl sites for hydroxylation is 2. The average Bonchev–Trinajstić information content (AvgIpc) is 2.91. The topological polar surface area (TPSA) is 50.2 Å². The van der Waals surface area contributed by atoms with E-state index in [0.717, 1.165) is 33.5 Å². The molecule has 0 aliphatic rings. The van der Waals surface area contributed by atoms with Gasteiger partial charge in [-0.1, -0.05) is 49.4 Å². The van der Waals surface area contributed by atoms with Gasteiger partial charge in [-0.05, 0) is 36.6 Å². The number of hydrogen-bond acceptors (Lipinski definition) is 2. The van der Waals surface area contributed by atoms with Crippen LogP contribution in [0.3, 0.4) is 0 Å². The summed E-state index contributed by atoms with van der Waals surface area (Å²) in [4.78, 5) is 17.5. The lowest BCUT2D eigenvalue weighted by molar-refractivity contribution is 0.841. The molecular formula is C20H19N3O. The van der Waals surface area contributed by atoms with Crippen molar-refractivity contribution in [3.8, 4) is 11.1 Å². The molecule has 0 fully saturated rings. The first kappa shape index (κ1) is 14.7. The minimum Gasteiger partial charge on any atom is -0.293 e. The fraction of sp³-hybridized carbons (Fsp3) is 0.200. The number of hydrogen-bond donors (Lipinski definition) is 1. The fourth-order valence-corrected chi connectivity index (χ4v) is 3.50. The van der Waals surface area contributed by atoms with Gasteiger partial charge >= 0.3 is 0 Å². The number of aromatic nitrogens is 3. The quantitative estimate of drug-likeness (QED) is 0.607. The minimum absolute atomic E-state index is 0.00501. The van der Waals surface area contributed by atoms with E-state index < -0.39 is 0 Å². The van der Waals surface area contributed by atoms with Crippen LogP contribution in [-0.4, -0.2) is 14.6 Å². The third-order valence-electron chi connectivity index (χ3n) is 4.67. The number of nitrogens with one attached hydrogen (secondary N) is 1. The standard InChI is InChI=1S/C20H19N3O/c1-4-15-12(2)21-19-18(13(3)22-23(19)20(15)24)17-11-7-9-14-8-5-6-10-16(14)17/h5-11,22H,4H2,1-3H3. The Bertz CT molecular complexity index is 1130. The van der Waals surface area contributed by atoms with Crippen LogP contribution in [0.1, 0.15) is 23.9 Å². The van der Waals surface area contributed by atoms with Crippen molar-refractivity contribution in [2.75, 3.05) is 0 Å². The Hall–Kier alpha value is -2.88. The Balaban J connectivity index is 2.14. The molecule has 0 unspecified atom stereocenters. The van der Waals surface area contributed by atoms with Crippen molar-refractivity contribution in [1.82, 2.24) is 14.6 Å². The molecule has 0 saturated carbocycles. The Kier molecular flexibility index (Phi) is 3.27. The first-order chi connectivity index (χ1) is 11.6. The molecule has 0 radical (unpaired) electrons. The molecule has 0 spiro atoms. The SMILES string of the molecule is CCc1c(C)nc2c(-c3cccc4ccccc34)c(C)[nH]n2c1=O. The zero-order chi connectivity index (χ0) is 16.8. The van der Waals surface area contributed by atoms with Crippen LogP contribution >= 0.6 is 0 Å². The van der Waals surface area contributed by atoms with Gasteiger partial charge in [0.2, 0.25) is 0 Å². The predicted molar refractivity (Wildman–Crippen MR) is 97.6 cm³/mol. The van der Waals surface area contributed by atoms with Gasteiger partial charge in [-0.25, -0.2) is 9.50 Å². The summed E-state index contributed by atoms with van der Waals surface area (Å²) < 4.78 is 1.58. The van der Waals surface area contributed by atoms with Crippen molar-refractivity contribution in [1.29, 1.82) is 0 Å². The van der Waals surface area contributed by atoms with E-state index in [0.29, 0.717) is 12.1 Å². The number of H-pyrrole nitrogens is 1. The average molecular weight is 317 g/mol. The Morgan fingerprint density at radius 2 is 1.83 bits per heavy atom. The van der Waals surface area contributed by atoms with Gasteiger partial charge in [0, 0.05) is 22.5 Å². The highest BCUT2D eigenvalue weighted by atomic mass is 16.1. The predicted octanol–water partition coefficient (Wildman–Crippen LogP) is 4.02. The highest BCUT2D eigenvalue weighted by Crippen LogP contribution is 2.33. The molecule has 4 aromatic rings. The monoisotopic (exact) mass is 317 g/mol. The van der Waals surface area contributed by atoms with Crippen LogP contribution in [0.5, 0.6) is 0 Å². The summed E-state index contributed by atoms with van der Waals surface area (Å²) in [6, 6.07) is 14.5. The van der Waals surface area contributed by atoms with Crippen molar-refractivity contribution in [3.63, 3.8) is 0 Å². The van der Waals surface area contributed by atoms with Crippen molar-refractivity contribution in [2.24, 2.45) is 0 Å². The second-order valence-electron chi connectivity index (χ2n) is 6.13. The van der Waals surface area contributed by atoms with E-state index in [1.807, 2.05) is 39.0 Å². The molecule has 1 N–H and O–H groups in total. The van der Waals surface area contributed by atoms with E-state index in [1.54, 1.807) is 4.52 Å². The van der Waals surface area contributed by atoms with Crippen LogP contribution in [0.15, 0.2) is 47.3 Å². The summed E-state index contributed by atoms with van der Waals surface area (Å²) in [5.74, 6) is 0. The van der Waals surface area contributed by atoms with Crippen molar-refractivity contribution >= 4 is 16.4 Å². The van der Waals surface area contributed by atoms with Gasteiger partial charge in [0.1, 0.15) is 0 Å². The van der Waals surface area contributed by atoms with Gasteiger partial charge in [-0.2, -0.15) is 0 Å². The third kappa shape index (κ3) is 1.99. The molecule has 0 aliphatic heterocycles. The second kappa shape index (κ2) is 5.34. The molecule has 0 amide bonds. The summed E-state index contributed by atoms with van der Waals surface area (Å²) in [6.07, 6.45) is 0.683. The van der Waals surface area contributed by atoms with E-state index in [2.05, 4.69) is 29.4 Å². The molecule has 4 rings (SSSR count). The van der Waals surface area contributed by atoms with Gasteiger partial charge in [0.25, 0.3) is 5.56 Å². The summed E-state index contributed by atoms with van der Waals surface area (Å²) >= 11 is 0. The van der Waals surface area contributed by atoms with Gasteiger partial charge in [-0.3, -0.25) is 9.89 Å². The Labute approximate surface area is 139 Å². The minimum atomic E-state index is -0.00501. The number of benzene rings is 2. The fourth-order valence-electron chi connectivity index (χ4n) is 3.50. The first-order valence-corrected chi connectivity index (χ1v) is 8.20. The largest absolute Gasteiger partial charge is 0.293 e. The maximum atomic E-state index is 12.7. The molecule has 0 atom stereocenters. The lowest BCUT2D eigenvalue weighted by Crippen LogP contribution is -2.21. The maximum Gasteiger partial charge on any atom is 0.276 e. The van der Waals surface area contributed by atoms with E-state index in [4.69, 9.17) is 4.98 Å². The van der Waals surface area contributed by atoms with Gasteiger partial charge in [-0.15, -0.1) is 0 Å². The summed E-state index contributed by atoms with van der Waals surface area (Å²) in [5, 5.41) is 5.54. The lowest BCUT2D eigenvalue weighted by Gasteiger charge is -2.07. The molecule has 4 heteroatoms. The first-order valence-electron chi connectivity index (χ1n) is 8.20. The van der Waals surface area contributed by atoms with Crippen LogP contribution < -0.4 is 5.56 Å². The van der Waals surface area contributed by atoms with Crippen molar-refractivity contribution in [3.05, 3.63) is 69.8 Å². The number of fused-ring (bicyclic) bond motifs is 2. The van der Waals surface area contributed by atoms with Crippen LogP contribution in [0.25, 0.3) is 27.5 Å².